The van der Waals surface area contributed by atoms with Crippen LogP contribution < -0.4 is 5.32 Å². The lowest BCUT2D eigenvalue weighted by Gasteiger charge is -2.22. The quantitative estimate of drug-likeness (QED) is 0.188. The molecule has 2 aromatic carbocycles. The minimum absolute atomic E-state index is 0.0911. The van der Waals surface area contributed by atoms with Crippen molar-refractivity contribution in [3.8, 4) is 22.6 Å². The number of imidazole rings is 1. The summed E-state index contributed by atoms with van der Waals surface area (Å²) in [6, 6.07) is 25.4. The van der Waals surface area contributed by atoms with Gasteiger partial charge < -0.3 is 15.0 Å². The van der Waals surface area contributed by atoms with Gasteiger partial charge in [-0.25, -0.2) is 9.97 Å². The van der Waals surface area contributed by atoms with Crippen LogP contribution in [-0.2, 0) is 19.6 Å². The number of hydrogen-bond donors (Lipinski definition) is 2. The number of hydrogen-bond acceptors (Lipinski definition) is 5. The highest BCUT2D eigenvalue weighted by molar-refractivity contribution is 5.69. The fraction of sp³-hybridized carbons (Fsp3) is 0.375. The lowest BCUT2D eigenvalue weighted by atomic mass is 10.1. The van der Waals surface area contributed by atoms with Crippen LogP contribution in [0, 0.1) is 0 Å². The summed E-state index contributed by atoms with van der Waals surface area (Å²) >= 11 is 0. The molecule has 4 aromatic rings. The van der Waals surface area contributed by atoms with E-state index < -0.39 is 0 Å². The summed E-state index contributed by atoms with van der Waals surface area (Å²) in [4.78, 5) is 12.4. The van der Waals surface area contributed by atoms with E-state index >= 15 is 0 Å². The van der Waals surface area contributed by atoms with Crippen LogP contribution in [0.25, 0.3) is 22.6 Å². The van der Waals surface area contributed by atoms with E-state index in [2.05, 4.69) is 100 Å². The van der Waals surface area contributed by atoms with Crippen LogP contribution in [0.4, 0.5) is 5.82 Å². The molecule has 0 unspecified atom stereocenters. The Hall–Kier alpha value is -3.48. The first-order chi connectivity index (χ1) is 18.7. The van der Waals surface area contributed by atoms with Crippen molar-refractivity contribution in [2.24, 2.45) is 0 Å². The molecule has 38 heavy (non-hydrogen) atoms. The third-order valence-electron chi connectivity index (χ3n) is 6.70. The number of nitrogens with one attached hydrogen (secondary N) is 1. The molecule has 4 rings (SSSR count). The molecule has 2 heterocycles. The molecule has 0 aliphatic heterocycles. The van der Waals surface area contributed by atoms with Crippen LogP contribution in [-0.4, -0.2) is 44.2 Å². The molecule has 2 N–H and O–H groups in total. The van der Waals surface area contributed by atoms with Crippen molar-refractivity contribution in [1.29, 1.82) is 0 Å². The van der Waals surface area contributed by atoms with Gasteiger partial charge in [0, 0.05) is 43.5 Å². The smallest absolute Gasteiger partial charge is 0.140 e. The highest BCUT2D eigenvalue weighted by Crippen LogP contribution is 2.32. The van der Waals surface area contributed by atoms with E-state index in [0.717, 1.165) is 74.8 Å². The number of aromatic nitrogens is 3. The average Bonchev–Trinajstić information content (AvgIpc) is 3.33. The lowest BCUT2D eigenvalue weighted by Crippen LogP contribution is -2.24. The summed E-state index contributed by atoms with van der Waals surface area (Å²) in [5, 5.41) is 12.2. The van der Waals surface area contributed by atoms with Gasteiger partial charge in [0.2, 0.25) is 0 Å². The number of aliphatic hydroxyl groups excluding tert-OH is 1. The Balaban J connectivity index is 1.70. The Morgan fingerprint density at radius 2 is 1.55 bits per heavy atom. The summed E-state index contributed by atoms with van der Waals surface area (Å²) in [6.07, 6.45) is 6.45. The molecule has 2 aromatic heterocycles. The molecule has 0 fully saturated rings. The van der Waals surface area contributed by atoms with Gasteiger partial charge in [0.1, 0.15) is 11.6 Å². The number of rotatable bonds is 15. The van der Waals surface area contributed by atoms with Gasteiger partial charge in [-0.05, 0) is 31.0 Å². The zero-order valence-electron chi connectivity index (χ0n) is 22.8. The van der Waals surface area contributed by atoms with E-state index in [1.165, 1.54) is 16.8 Å². The zero-order chi connectivity index (χ0) is 26.6. The summed E-state index contributed by atoms with van der Waals surface area (Å²) < 4.78 is 2.44. The molecular formula is C32H41N5O. The van der Waals surface area contributed by atoms with Crippen molar-refractivity contribution < 1.29 is 5.11 Å². The second-order valence-corrected chi connectivity index (χ2v) is 9.73. The lowest BCUT2D eigenvalue weighted by molar-refractivity contribution is 0.250. The highest BCUT2D eigenvalue weighted by Gasteiger charge is 2.21. The first kappa shape index (κ1) is 27.6. The monoisotopic (exact) mass is 511 g/mol. The molecule has 0 spiro atoms. The number of benzene rings is 2. The van der Waals surface area contributed by atoms with Crippen LogP contribution in [0.15, 0.2) is 79.0 Å². The number of anilines is 1. The van der Waals surface area contributed by atoms with Crippen molar-refractivity contribution in [2.45, 2.75) is 59.2 Å². The van der Waals surface area contributed by atoms with Crippen LogP contribution in [0.3, 0.4) is 0 Å². The van der Waals surface area contributed by atoms with E-state index in [9.17, 15) is 0 Å². The maximum atomic E-state index is 9.07. The van der Waals surface area contributed by atoms with Gasteiger partial charge in [-0.15, -0.1) is 0 Å². The van der Waals surface area contributed by atoms with Crippen LogP contribution >= 0.6 is 0 Å². The Kier molecular flexibility index (Phi) is 10.5. The molecule has 0 saturated heterocycles. The fourth-order valence-corrected chi connectivity index (χ4v) is 4.75. The molecule has 0 aliphatic rings. The Morgan fingerprint density at radius 3 is 2.18 bits per heavy atom. The van der Waals surface area contributed by atoms with E-state index in [-0.39, 0.29) is 6.61 Å². The number of pyridine rings is 1. The number of nitrogens with zero attached hydrogens (tertiary/aromatic N) is 4. The van der Waals surface area contributed by atoms with Crippen molar-refractivity contribution in [3.63, 3.8) is 0 Å². The SMILES string of the molecule is CCCCN(Cc1ccc(NCCO)nc1)Cc1nc(-c2ccccc2)n(CCCC)c1-c1ccccc1. The summed E-state index contributed by atoms with van der Waals surface area (Å²) in [5.74, 6) is 1.83. The van der Waals surface area contributed by atoms with Gasteiger partial charge in [-0.3, -0.25) is 4.90 Å². The molecule has 200 valence electrons. The largest absolute Gasteiger partial charge is 0.395 e. The molecule has 0 bridgehead atoms. The maximum Gasteiger partial charge on any atom is 0.140 e. The normalized spacial score (nSPS) is 11.3. The van der Waals surface area contributed by atoms with Gasteiger partial charge >= 0.3 is 0 Å². The summed E-state index contributed by atoms with van der Waals surface area (Å²) in [5.41, 5.74) is 5.88. The minimum atomic E-state index is 0.0911. The van der Waals surface area contributed by atoms with Gasteiger partial charge in [0.05, 0.1) is 18.0 Å². The molecule has 0 amide bonds. The molecule has 6 nitrogen and oxygen atoms in total. The third kappa shape index (κ3) is 7.30. The van der Waals surface area contributed by atoms with Crippen molar-refractivity contribution in [3.05, 3.63) is 90.3 Å². The van der Waals surface area contributed by atoms with Gasteiger partial charge in [0.25, 0.3) is 0 Å². The second kappa shape index (κ2) is 14.5. The van der Waals surface area contributed by atoms with Crippen LogP contribution in [0.5, 0.6) is 0 Å². The highest BCUT2D eigenvalue weighted by atomic mass is 16.3. The first-order valence-electron chi connectivity index (χ1n) is 14.0. The molecule has 0 radical (unpaired) electrons. The molecule has 6 heteroatoms. The Labute approximate surface area is 227 Å². The topological polar surface area (TPSA) is 66.2 Å². The van der Waals surface area contributed by atoms with E-state index in [0.29, 0.717) is 6.54 Å². The van der Waals surface area contributed by atoms with E-state index in [1.54, 1.807) is 0 Å². The van der Waals surface area contributed by atoms with Crippen molar-refractivity contribution >= 4 is 5.82 Å². The Morgan fingerprint density at radius 1 is 0.842 bits per heavy atom. The fourth-order valence-electron chi connectivity index (χ4n) is 4.75. The first-order valence-corrected chi connectivity index (χ1v) is 14.0. The second-order valence-electron chi connectivity index (χ2n) is 9.73. The van der Waals surface area contributed by atoms with E-state index in [4.69, 9.17) is 10.1 Å². The maximum absolute atomic E-state index is 9.07. The van der Waals surface area contributed by atoms with Gasteiger partial charge in [-0.2, -0.15) is 0 Å². The Bertz CT molecular complexity index is 1220. The van der Waals surface area contributed by atoms with Gasteiger partial charge in [-0.1, -0.05) is 93.4 Å². The molecular weight excluding hydrogens is 470 g/mol. The third-order valence-corrected chi connectivity index (χ3v) is 6.70. The molecule has 0 atom stereocenters. The minimum Gasteiger partial charge on any atom is -0.395 e. The number of unbranched alkanes of at least 4 members (excludes halogenated alkanes) is 2. The zero-order valence-corrected chi connectivity index (χ0v) is 22.8. The van der Waals surface area contributed by atoms with Gasteiger partial charge in [0.15, 0.2) is 0 Å². The summed E-state index contributed by atoms with van der Waals surface area (Å²) in [7, 11) is 0. The average molecular weight is 512 g/mol. The van der Waals surface area contributed by atoms with Crippen molar-refractivity contribution in [1.82, 2.24) is 19.4 Å². The standard InChI is InChI=1S/C32H41N5O/c1-3-5-20-36(24-26-17-18-30(34-23-26)33-19-22-38)25-29-31(27-13-9-7-10-14-27)37(21-6-4-2)32(35-29)28-15-11-8-12-16-28/h7-18,23,38H,3-6,19-22,24-25H2,1-2H3,(H,33,34). The summed E-state index contributed by atoms with van der Waals surface area (Å²) in [6.45, 7) is 8.60. The predicted molar refractivity (Wildman–Crippen MR) is 157 cm³/mol. The van der Waals surface area contributed by atoms with Crippen LogP contribution in [0.2, 0.25) is 0 Å². The predicted octanol–water partition coefficient (Wildman–Crippen LogP) is 6.62. The molecule has 0 aliphatic carbocycles. The van der Waals surface area contributed by atoms with Crippen molar-refractivity contribution in [2.75, 3.05) is 25.0 Å². The van der Waals surface area contributed by atoms with E-state index in [1.807, 2.05) is 12.3 Å². The number of aliphatic hydroxyl groups is 1. The van der Waals surface area contributed by atoms with Crippen LogP contribution in [0.1, 0.15) is 50.8 Å². The molecule has 0 saturated carbocycles.